The van der Waals surface area contributed by atoms with Crippen LogP contribution in [0.1, 0.15) is 18.2 Å². The van der Waals surface area contributed by atoms with Gasteiger partial charge in [0.1, 0.15) is 0 Å². The van der Waals surface area contributed by atoms with Gasteiger partial charge < -0.3 is 10.1 Å². The van der Waals surface area contributed by atoms with Crippen LogP contribution in [0, 0.1) is 0 Å². The molecule has 78 valence electrons. The SMILES string of the molecule is CCc1cc2c(CC(=O)O)cccc2[nH]1. The number of hydrogen-bond acceptors (Lipinski definition) is 1. The van der Waals surface area contributed by atoms with Gasteiger partial charge in [0, 0.05) is 16.6 Å². The number of aromatic nitrogens is 1. The van der Waals surface area contributed by atoms with Crippen molar-refractivity contribution in [2.75, 3.05) is 0 Å². The number of carboxylic acid groups (broad SMARTS) is 1. The number of aromatic amines is 1. The number of hydrogen-bond donors (Lipinski definition) is 2. The fraction of sp³-hybridized carbons (Fsp3) is 0.250. The first-order chi connectivity index (χ1) is 7.20. The van der Waals surface area contributed by atoms with E-state index in [9.17, 15) is 4.79 Å². The Hall–Kier alpha value is -1.77. The van der Waals surface area contributed by atoms with E-state index in [-0.39, 0.29) is 6.42 Å². The van der Waals surface area contributed by atoms with Crippen LogP contribution in [0.4, 0.5) is 0 Å². The van der Waals surface area contributed by atoms with Gasteiger partial charge in [-0.1, -0.05) is 19.1 Å². The van der Waals surface area contributed by atoms with Crippen LogP contribution in [-0.4, -0.2) is 16.1 Å². The molecule has 0 saturated heterocycles. The predicted octanol–water partition coefficient (Wildman–Crippen LogP) is 2.36. The topological polar surface area (TPSA) is 53.1 Å². The number of nitrogens with one attached hydrogen (secondary N) is 1. The third kappa shape index (κ3) is 1.86. The summed E-state index contributed by atoms with van der Waals surface area (Å²) < 4.78 is 0. The molecule has 1 aromatic carbocycles. The van der Waals surface area contributed by atoms with Crippen molar-refractivity contribution in [3.05, 3.63) is 35.5 Å². The molecule has 1 heterocycles. The smallest absolute Gasteiger partial charge is 0.307 e. The van der Waals surface area contributed by atoms with E-state index in [1.807, 2.05) is 24.3 Å². The van der Waals surface area contributed by atoms with E-state index in [2.05, 4.69) is 11.9 Å². The van der Waals surface area contributed by atoms with Crippen molar-refractivity contribution in [1.29, 1.82) is 0 Å². The fourth-order valence-corrected chi connectivity index (χ4v) is 1.78. The van der Waals surface area contributed by atoms with Crippen molar-refractivity contribution >= 4 is 16.9 Å². The lowest BCUT2D eigenvalue weighted by Crippen LogP contribution is -1.99. The molecule has 0 spiro atoms. The second-order valence-corrected chi connectivity index (χ2v) is 3.60. The first kappa shape index (κ1) is 9.77. The van der Waals surface area contributed by atoms with Crippen molar-refractivity contribution in [2.24, 2.45) is 0 Å². The number of rotatable bonds is 3. The van der Waals surface area contributed by atoms with Crippen molar-refractivity contribution in [3.63, 3.8) is 0 Å². The van der Waals surface area contributed by atoms with Crippen LogP contribution in [0.3, 0.4) is 0 Å². The second-order valence-electron chi connectivity index (χ2n) is 3.60. The van der Waals surface area contributed by atoms with Gasteiger partial charge in [0.25, 0.3) is 0 Å². The maximum atomic E-state index is 10.7. The zero-order valence-electron chi connectivity index (χ0n) is 8.58. The van der Waals surface area contributed by atoms with Gasteiger partial charge in [-0.2, -0.15) is 0 Å². The highest BCUT2D eigenvalue weighted by molar-refractivity contribution is 5.87. The summed E-state index contributed by atoms with van der Waals surface area (Å²) >= 11 is 0. The Labute approximate surface area is 87.7 Å². The van der Waals surface area contributed by atoms with Crippen molar-refractivity contribution in [1.82, 2.24) is 4.98 Å². The molecule has 0 aliphatic heterocycles. The Kier molecular flexibility index (Phi) is 2.46. The number of aryl methyl sites for hydroxylation is 1. The Morgan fingerprint density at radius 3 is 2.93 bits per heavy atom. The molecule has 0 fully saturated rings. The molecule has 1 aromatic heterocycles. The molecule has 3 nitrogen and oxygen atoms in total. The van der Waals surface area contributed by atoms with Gasteiger partial charge in [0.2, 0.25) is 0 Å². The Morgan fingerprint density at radius 2 is 2.27 bits per heavy atom. The lowest BCUT2D eigenvalue weighted by atomic mass is 10.1. The van der Waals surface area contributed by atoms with E-state index in [1.54, 1.807) is 0 Å². The maximum absolute atomic E-state index is 10.7. The van der Waals surface area contributed by atoms with Crippen LogP contribution in [-0.2, 0) is 17.6 Å². The second kappa shape index (κ2) is 3.77. The number of H-pyrrole nitrogens is 1. The summed E-state index contributed by atoms with van der Waals surface area (Å²) in [5, 5.41) is 9.80. The van der Waals surface area contributed by atoms with Gasteiger partial charge in [0.05, 0.1) is 6.42 Å². The van der Waals surface area contributed by atoms with Gasteiger partial charge in [-0.15, -0.1) is 0 Å². The molecule has 0 unspecified atom stereocenters. The minimum absolute atomic E-state index is 0.0817. The third-order valence-corrected chi connectivity index (χ3v) is 2.53. The van der Waals surface area contributed by atoms with Crippen LogP contribution in [0.15, 0.2) is 24.3 Å². The molecule has 2 N–H and O–H groups in total. The largest absolute Gasteiger partial charge is 0.481 e. The molecule has 0 amide bonds. The van der Waals surface area contributed by atoms with Crippen molar-refractivity contribution in [3.8, 4) is 0 Å². The number of fused-ring (bicyclic) bond motifs is 1. The molecule has 0 saturated carbocycles. The molecule has 3 heteroatoms. The van der Waals surface area contributed by atoms with Gasteiger partial charge >= 0.3 is 5.97 Å². The summed E-state index contributed by atoms with van der Waals surface area (Å²) in [6.45, 7) is 2.07. The van der Waals surface area contributed by atoms with E-state index in [0.29, 0.717) is 0 Å². The first-order valence-electron chi connectivity index (χ1n) is 5.02. The lowest BCUT2D eigenvalue weighted by Gasteiger charge is -1.98. The minimum atomic E-state index is -0.790. The van der Waals surface area contributed by atoms with E-state index >= 15 is 0 Å². The zero-order valence-corrected chi connectivity index (χ0v) is 8.58. The Morgan fingerprint density at radius 1 is 1.47 bits per heavy atom. The molecule has 0 radical (unpaired) electrons. The summed E-state index contributed by atoms with van der Waals surface area (Å²) in [5.74, 6) is -0.790. The van der Waals surface area contributed by atoms with Crippen LogP contribution >= 0.6 is 0 Å². The summed E-state index contributed by atoms with van der Waals surface area (Å²) in [6.07, 6.45) is 1.01. The highest BCUT2D eigenvalue weighted by Gasteiger charge is 2.07. The lowest BCUT2D eigenvalue weighted by molar-refractivity contribution is -0.136. The fourth-order valence-electron chi connectivity index (χ4n) is 1.78. The number of benzene rings is 1. The molecule has 0 aliphatic carbocycles. The van der Waals surface area contributed by atoms with Crippen LogP contribution in [0.25, 0.3) is 10.9 Å². The summed E-state index contributed by atoms with van der Waals surface area (Å²) in [6, 6.07) is 7.76. The number of carboxylic acids is 1. The normalized spacial score (nSPS) is 10.7. The van der Waals surface area contributed by atoms with Crippen molar-refractivity contribution < 1.29 is 9.90 Å². The highest BCUT2D eigenvalue weighted by Crippen LogP contribution is 2.20. The van der Waals surface area contributed by atoms with Gasteiger partial charge in [0.15, 0.2) is 0 Å². The zero-order chi connectivity index (χ0) is 10.8. The van der Waals surface area contributed by atoms with E-state index in [1.165, 1.54) is 0 Å². The molecule has 0 bridgehead atoms. The average Bonchev–Trinajstić information content (AvgIpc) is 2.61. The van der Waals surface area contributed by atoms with Gasteiger partial charge in [-0.25, -0.2) is 0 Å². The van der Waals surface area contributed by atoms with Crippen LogP contribution in [0.5, 0.6) is 0 Å². The Balaban J connectivity index is 2.54. The predicted molar refractivity (Wildman–Crippen MR) is 59.0 cm³/mol. The van der Waals surface area contributed by atoms with E-state index < -0.39 is 5.97 Å². The highest BCUT2D eigenvalue weighted by atomic mass is 16.4. The summed E-state index contributed by atoms with van der Waals surface area (Å²) in [4.78, 5) is 13.9. The summed E-state index contributed by atoms with van der Waals surface area (Å²) in [5.41, 5.74) is 3.03. The van der Waals surface area contributed by atoms with Crippen molar-refractivity contribution in [2.45, 2.75) is 19.8 Å². The number of carbonyl (C=O) groups is 1. The minimum Gasteiger partial charge on any atom is -0.481 e. The molecule has 0 aliphatic rings. The van der Waals surface area contributed by atoms with Crippen LogP contribution < -0.4 is 0 Å². The maximum Gasteiger partial charge on any atom is 0.307 e. The van der Waals surface area contributed by atoms with Crippen LogP contribution in [0.2, 0.25) is 0 Å². The van der Waals surface area contributed by atoms with Gasteiger partial charge in [-0.05, 0) is 24.1 Å². The standard InChI is InChI=1S/C12H13NO2/c1-2-9-7-10-8(6-12(14)15)4-3-5-11(10)13-9/h3-5,7,13H,2,6H2,1H3,(H,14,15). The van der Waals surface area contributed by atoms with E-state index in [0.717, 1.165) is 28.6 Å². The molecule has 2 rings (SSSR count). The van der Waals surface area contributed by atoms with Gasteiger partial charge in [-0.3, -0.25) is 4.79 Å². The number of aliphatic carboxylic acids is 1. The summed E-state index contributed by atoms with van der Waals surface area (Å²) in [7, 11) is 0. The molecular weight excluding hydrogens is 190 g/mol. The van der Waals surface area contributed by atoms with E-state index in [4.69, 9.17) is 5.11 Å². The Bertz CT molecular complexity index is 499. The molecular formula is C12H13NO2. The average molecular weight is 203 g/mol. The molecule has 15 heavy (non-hydrogen) atoms. The quantitative estimate of drug-likeness (QED) is 0.804. The molecule has 2 aromatic rings. The first-order valence-corrected chi connectivity index (χ1v) is 5.02. The monoisotopic (exact) mass is 203 g/mol. The third-order valence-electron chi connectivity index (χ3n) is 2.53. The molecule has 0 atom stereocenters.